The molecule has 0 atom stereocenters. The summed E-state index contributed by atoms with van der Waals surface area (Å²) < 4.78 is 30.7. The van der Waals surface area contributed by atoms with Crippen molar-refractivity contribution in [1.29, 1.82) is 0 Å². The molecule has 14 heavy (non-hydrogen) atoms. The summed E-state index contributed by atoms with van der Waals surface area (Å²) in [7, 11) is 1.31. The summed E-state index contributed by atoms with van der Waals surface area (Å²) in [4.78, 5) is 10.1. The standard InChI is InChI=1S/C10H10F2O2/c1-14-10-5-7(3-2-4-13)8(11)6-9(10)12/h4-6H,2-3H2,1H3. The van der Waals surface area contributed by atoms with Gasteiger partial charge in [-0.2, -0.15) is 0 Å². The van der Waals surface area contributed by atoms with E-state index < -0.39 is 11.6 Å². The number of benzene rings is 1. The van der Waals surface area contributed by atoms with Gasteiger partial charge in [-0.3, -0.25) is 0 Å². The van der Waals surface area contributed by atoms with Gasteiger partial charge in [0.25, 0.3) is 0 Å². The first kappa shape index (κ1) is 10.6. The van der Waals surface area contributed by atoms with E-state index in [1.54, 1.807) is 0 Å². The molecule has 0 heterocycles. The minimum absolute atomic E-state index is 0.00713. The second-order valence-electron chi connectivity index (χ2n) is 2.78. The maximum absolute atomic E-state index is 13.1. The molecule has 1 rings (SSSR count). The fourth-order valence-corrected chi connectivity index (χ4v) is 1.13. The SMILES string of the molecule is COc1cc(CCC=O)c(F)cc1F. The molecule has 0 saturated carbocycles. The molecule has 0 saturated heterocycles. The Morgan fingerprint density at radius 1 is 1.36 bits per heavy atom. The highest BCUT2D eigenvalue weighted by Crippen LogP contribution is 2.21. The lowest BCUT2D eigenvalue weighted by molar-refractivity contribution is -0.107. The molecule has 4 heteroatoms. The molecule has 0 aromatic heterocycles. The predicted molar refractivity (Wildman–Crippen MR) is 47.3 cm³/mol. The summed E-state index contributed by atoms with van der Waals surface area (Å²) in [6.45, 7) is 0. The maximum atomic E-state index is 13.1. The molecule has 0 N–H and O–H groups in total. The number of carbonyl (C=O) groups is 1. The zero-order valence-corrected chi connectivity index (χ0v) is 7.72. The van der Waals surface area contributed by atoms with Crippen LogP contribution in [-0.2, 0) is 11.2 Å². The van der Waals surface area contributed by atoms with Crippen LogP contribution in [0.3, 0.4) is 0 Å². The number of methoxy groups -OCH3 is 1. The third-order valence-electron chi connectivity index (χ3n) is 1.85. The van der Waals surface area contributed by atoms with E-state index in [1.165, 1.54) is 13.2 Å². The van der Waals surface area contributed by atoms with Gasteiger partial charge in [0.15, 0.2) is 11.6 Å². The average Bonchev–Trinajstić information content (AvgIpc) is 2.17. The van der Waals surface area contributed by atoms with Gasteiger partial charge in [0, 0.05) is 12.5 Å². The van der Waals surface area contributed by atoms with Crippen LogP contribution in [0.4, 0.5) is 8.78 Å². The van der Waals surface area contributed by atoms with Crippen LogP contribution in [0.15, 0.2) is 12.1 Å². The third kappa shape index (κ3) is 2.28. The normalized spacial score (nSPS) is 9.93. The van der Waals surface area contributed by atoms with Gasteiger partial charge in [-0.1, -0.05) is 0 Å². The van der Waals surface area contributed by atoms with Crippen LogP contribution in [-0.4, -0.2) is 13.4 Å². The molecule has 76 valence electrons. The van der Waals surface area contributed by atoms with Crippen molar-refractivity contribution < 1.29 is 18.3 Å². The van der Waals surface area contributed by atoms with Gasteiger partial charge in [-0.15, -0.1) is 0 Å². The van der Waals surface area contributed by atoms with Crippen molar-refractivity contribution in [1.82, 2.24) is 0 Å². The smallest absolute Gasteiger partial charge is 0.167 e. The molecule has 0 unspecified atom stereocenters. The Morgan fingerprint density at radius 2 is 2.07 bits per heavy atom. The van der Waals surface area contributed by atoms with Gasteiger partial charge < -0.3 is 9.53 Å². The molecule has 0 bridgehead atoms. The lowest BCUT2D eigenvalue weighted by Gasteiger charge is -2.05. The van der Waals surface area contributed by atoms with Crippen molar-refractivity contribution in [3.8, 4) is 5.75 Å². The van der Waals surface area contributed by atoms with Crippen molar-refractivity contribution >= 4 is 6.29 Å². The van der Waals surface area contributed by atoms with Gasteiger partial charge in [0.2, 0.25) is 0 Å². The zero-order chi connectivity index (χ0) is 10.6. The van der Waals surface area contributed by atoms with E-state index in [4.69, 9.17) is 4.74 Å². The Kier molecular flexibility index (Phi) is 3.56. The lowest BCUT2D eigenvalue weighted by atomic mass is 10.1. The minimum atomic E-state index is -0.736. The van der Waals surface area contributed by atoms with Crippen molar-refractivity contribution in [3.05, 3.63) is 29.3 Å². The molecule has 2 nitrogen and oxygen atoms in total. The maximum Gasteiger partial charge on any atom is 0.167 e. The molecule has 1 aromatic carbocycles. The molecular weight excluding hydrogens is 190 g/mol. The molecule has 0 aliphatic carbocycles. The van der Waals surface area contributed by atoms with Crippen LogP contribution in [0.5, 0.6) is 5.75 Å². The molecule has 0 radical (unpaired) electrons. The van der Waals surface area contributed by atoms with Crippen LogP contribution in [0.2, 0.25) is 0 Å². The quantitative estimate of drug-likeness (QED) is 0.696. The van der Waals surface area contributed by atoms with Crippen LogP contribution >= 0.6 is 0 Å². The van der Waals surface area contributed by atoms with Gasteiger partial charge in [-0.05, 0) is 18.1 Å². The van der Waals surface area contributed by atoms with Gasteiger partial charge in [-0.25, -0.2) is 8.78 Å². The Balaban J connectivity index is 2.98. The monoisotopic (exact) mass is 200 g/mol. The topological polar surface area (TPSA) is 26.3 Å². The summed E-state index contributed by atoms with van der Waals surface area (Å²) in [6, 6.07) is 2.03. The summed E-state index contributed by atoms with van der Waals surface area (Å²) >= 11 is 0. The molecule has 0 spiro atoms. The number of carbonyl (C=O) groups excluding carboxylic acids is 1. The van der Waals surface area contributed by atoms with Crippen LogP contribution in [0, 0.1) is 11.6 Å². The van der Waals surface area contributed by atoms with E-state index in [1.807, 2.05) is 0 Å². The Bertz CT molecular complexity index is 337. The van der Waals surface area contributed by atoms with Crippen molar-refractivity contribution in [2.24, 2.45) is 0 Å². The number of aldehydes is 1. The molecule has 0 aliphatic rings. The van der Waals surface area contributed by atoms with Crippen molar-refractivity contribution in [3.63, 3.8) is 0 Å². The molecule has 0 amide bonds. The van der Waals surface area contributed by atoms with Gasteiger partial charge in [0.05, 0.1) is 7.11 Å². The number of halogens is 2. The number of hydrogen-bond donors (Lipinski definition) is 0. The molecule has 0 aliphatic heterocycles. The Hall–Kier alpha value is -1.45. The first-order valence-corrected chi connectivity index (χ1v) is 4.14. The van der Waals surface area contributed by atoms with E-state index in [0.29, 0.717) is 6.29 Å². The molecule has 0 fully saturated rings. The van der Waals surface area contributed by atoms with E-state index >= 15 is 0 Å². The number of rotatable bonds is 4. The summed E-state index contributed by atoms with van der Waals surface area (Å²) in [6.07, 6.45) is 1.16. The summed E-state index contributed by atoms with van der Waals surface area (Å²) in [5.74, 6) is -1.39. The van der Waals surface area contributed by atoms with Crippen molar-refractivity contribution in [2.75, 3.05) is 7.11 Å². The van der Waals surface area contributed by atoms with Gasteiger partial charge >= 0.3 is 0 Å². The summed E-state index contributed by atoms with van der Waals surface area (Å²) in [5, 5.41) is 0. The van der Waals surface area contributed by atoms with E-state index in [0.717, 1.165) is 6.07 Å². The van der Waals surface area contributed by atoms with Crippen LogP contribution in [0.1, 0.15) is 12.0 Å². The Labute approximate surface area is 80.5 Å². The number of ether oxygens (including phenoxy) is 1. The first-order chi connectivity index (χ1) is 6.69. The van der Waals surface area contributed by atoms with E-state index in [-0.39, 0.29) is 24.2 Å². The lowest BCUT2D eigenvalue weighted by Crippen LogP contribution is -1.96. The summed E-state index contributed by atoms with van der Waals surface area (Å²) in [5.41, 5.74) is 0.287. The average molecular weight is 200 g/mol. The Morgan fingerprint density at radius 3 is 2.64 bits per heavy atom. The second kappa shape index (κ2) is 4.69. The molecular formula is C10H10F2O2. The first-order valence-electron chi connectivity index (χ1n) is 4.14. The number of hydrogen-bond acceptors (Lipinski definition) is 2. The highest BCUT2D eigenvalue weighted by atomic mass is 19.1. The largest absolute Gasteiger partial charge is 0.494 e. The van der Waals surface area contributed by atoms with Crippen LogP contribution < -0.4 is 4.74 Å². The fourth-order valence-electron chi connectivity index (χ4n) is 1.13. The predicted octanol–water partition coefficient (Wildman–Crippen LogP) is 2.10. The highest BCUT2D eigenvalue weighted by Gasteiger charge is 2.09. The van der Waals surface area contributed by atoms with Crippen molar-refractivity contribution in [2.45, 2.75) is 12.8 Å². The third-order valence-corrected chi connectivity index (χ3v) is 1.85. The zero-order valence-electron chi connectivity index (χ0n) is 7.72. The fraction of sp³-hybridized carbons (Fsp3) is 0.300. The van der Waals surface area contributed by atoms with Gasteiger partial charge in [0.1, 0.15) is 12.1 Å². The van der Waals surface area contributed by atoms with Crippen LogP contribution in [0.25, 0.3) is 0 Å². The van der Waals surface area contributed by atoms with E-state index in [9.17, 15) is 13.6 Å². The highest BCUT2D eigenvalue weighted by molar-refractivity contribution is 5.50. The van der Waals surface area contributed by atoms with E-state index in [2.05, 4.69) is 0 Å². The minimum Gasteiger partial charge on any atom is -0.494 e. The molecule has 1 aromatic rings. The second-order valence-corrected chi connectivity index (χ2v) is 2.78. The number of aryl methyl sites for hydroxylation is 1.